The normalized spacial score (nSPS) is 25.2. The summed E-state index contributed by atoms with van der Waals surface area (Å²) in [4.78, 5) is 7.57. The zero-order valence-electron chi connectivity index (χ0n) is 15.2. The Balaban J connectivity index is 1.57. The van der Waals surface area contributed by atoms with Gasteiger partial charge in [0.2, 0.25) is 0 Å². The van der Waals surface area contributed by atoms with E-state index < -0.39 is 0 Å². The molecular formula is C18H31N5OS. The zero-order valence-corrected chi connectivity index (χ0v) is 16.1. The summed E-state index contributed by atoms with van der Waals surface area (Å²) in [7, 11) is 0. The Morgan fingerprint density at radius 3 is 2.72 bits per heavy atom. The molecule has 3 rings (SSSR count). The Labute approximate surface area is 155 Å². The van der Waals surface area contributed by atoms with E-state index in [2.05, 4.69) is 63.3 Å². The van der Waals surface area contributed by atoms with E-state index >= 15 is 0 Å². The summed E-state index contributed by atoms with van der Waals surface area (Å²) in [6, 6.07) is 4.12. The number of guanidine groups is 1. The third-order valence-electron chi connectivity index (χ3n) is 4.97. The maximum atomic E-state index is 5.55. The van der Waals surface area contributed by atoms with Crippen molar-refractivity contribution in [3.63, 3.8) is 0 Å². The van der Waals surface area contributed by atoms with Gasteiger partial charge in [-0.15, -0.1) is 0 Å². The summed E-state index contributed by atoms with van der Waals surface area (Å²) in [6.07, 6.45) is 5.41. The zero-order chi connectivity index (χ0) is 17.4. The first-order chi connectivity index (χ1) is 12.3. The van der Waals surface area contributed by atoms with Crippen LogP contribution in [0.25, 0.3) is 0 Å². The van der Waals surface area contributed by atoms with Crippen LogP contribution in [0, 0.1) is 0 Å². The summed E-state index contributed by atoms with van der Waals surface area (Å²) in [5.41, 5.74) is 0.206. The number of rotatable bonds is 7. The number of nitrogens with zero attached hydrogens (tertiary/aromatic N) is 3. The Morgan fingerprint density at radius 2 is 2.04 bits per heavy atom. The number of thioether (sulfide) groups is 1. The molecule has 0 aliphatic carbocycles. The minimum atomic E-state index is 0.206. The highest BCUT2D eigenvalue weighted by molar-refractivity contribution is 7.99. The topological polar surface area (TPSA) is 53.8 Å². The van der Waals surface area contributed by atoms with Crippen LogP contribution in [0.15, 0.2) is 29.5 Å². The molecule has 1 aromatic rings. The van der Waals surface area contributed by atoms with Gasteiger partial charge in [0.05, 0.1) is 25.3 Å². The molecule has 0 radical (unpaired) electrons. The molecule has 0 aromatic carbocycles. The molecule has 7 heteroatoms. The number of hydrogen-bond donors (Lipinski definition) is 2. The molecule has 0 spiro atoms. The molecule has 25 heavy (non-hydrogen) atoms. The van der Waals surface area contributed by atoms with Crippen LogP contribution in [0.4, 0.5) is 0 Å². The first kappa shape index (κ1) is 18.6. The smallest absolute Gasteiger partial charge is 0.191 e. The van der Waals surface area contributed by atoms with Crippen LogP contribution < -0.4 is 10.6 Å². The predicted octanol–water partition coefficient (Wildman–Crippen LogP) is 1.25. The van der Waals surface area contributed by atoms with Gasteiger partial charge < -0.3 is 19.9 Å². The lowest BCUT2D eigenvalue weighted by Gasteiger charge is -2.42. The van der Waals surface area contributed by atoms with E-state index in [-0.39, 0.29) is 5.54 Å². The largest absolute Gasteiger partial charge is 0.379 e. The maximum Gasteiger partial charge on any atom is 0.191 e. The second kappa shape index (κ2) is 9.50. The van der Waals surface area contributed by atoms with Gasteiger partial charge in [0.15, 0.2) is 5.96 Å². The molecule has 2 saturated heterocycles. The van der Waals surface area contributed by atoms with Crippen LogP contribution in [0.3, 0.4) is 0 Å². The van der Waals surface area contributed by atoms with Crippen LogP contribution >= 0.6 is 11.8 Å². The molecule has 0 bridgehead atoms. The van der Waals surface area contributed by atoms with E-state index in [1.807, 2.05) is 0 Å². The minimum absolute atomic E-state index is 0.206. The minimum Gasteiger partial charge on any atom is -0.379 e. The van der Waals surface area contributed by atoms with E-state index in [9.17, 15) is 0 Å². The van der Waals surface area contributed by atoms with Gasteiger partial charge in [0.25, 0.3) is 0 Å². The monoisotopic (exact) mass is 365 g/mol. The van der Waals surface area contributed by atoms with Gasteiger partial charge in [-0.3, -0.25) is 9.89 Å². The van der Waals surface area contributed by atoms with Gasteiger partial charge in [-0.2, -0.15) is 11.8 Å². The molecule has 0 saturated carbocycles. The van der Waals surface area contributed by atoms with Crippen molar-refractivity contribution >= 4 is 17.7 Å². The summed E-state index contributed by atoms with van der Waals surface area (Å²) in [5, 5.41) is 6.86. The molecule has 2 aliphatic rings. The number of morpholine rings is 1. The molecule has 2 aliphatic heterocycles. The van der Waals surface area contributed by atoms with Gasteiger partial charge in [0, 0.05) is 50.9 Å². The van der Waals surface area contributed by atoms with Gasteiger partial charge in [-0.25, -0.2) is 0 Å². The Kier molecular flexibility index (Phi) is 7.07. The first-order valence-electron chi connectivity index (χ1n) is 9.36. The Hall–Kier alpha value is -1.18. The maximum absolute atomic E-state index is 5.55. The van der Waals surface area contributed by atoms with E-state index in [0.717, 1.165) is 58.4 Å². The molecule has 6 nitrogen and oxygen atoms in total. The number of ether oxygens (including phenoxy) is 1. The van der Waals surface area contributed by atoms with E-state index in [1.165, 1.54) is 17.9 Å². The lowest BCUT2D eigenvalue weighted by Crippen LogP contribution is -2.56. The van der Waals surface area contributed by atoms with Gasteiger partial charge >= 0.3 is 0 Å². The van der Waals surface area contributed by atoms with Crippen LogP contribution in [-0.4, -0.2) is 78.4 Å². The van der Waals surface area contributed by atoms with E-state index in [1.54, 1.807) is 0 Å². The number of hydrogen-bond acceptors (Lipinski definition) is 4. The second-order valence-corrected chi connectivity index (χ2v) is 7.77. The van der Waals surface area contributed by atoms with Crippen molar-refractivity contribution in [2.24, 2.45) is 4.99 Å². The summed E-state index contributed by atoms with van der Waals surface area (Å²) in [6.45, 7) is 9.46. The summed E-state index contributed by atoms with van der Waals surface area (Å²) >= 11 is 2.06. The van der Waals surface area contributed by atoms with Crippen molar-refractivity contribution in [2.45, 2.75) is 25.4 Å². The van der Waals surface area contributed by atoms with Crippen LogP contribution in [-0.2, 0) is 11.3 Å². The quantitative estimate of drug-likeness (QED) is 0.563. The van der Waals surface area contributed by atoms with Gasteiger partial charge in [0.1, 0.15) is 0 Å². The van der Waals surface area contributed by atoms with Crippen LogP contribution in [0.1, 0.15) is 13.3 Å². The molecule has 2 N–H and O–H groups in total. The van der Waals surface area contributed by atoms with E-state index in [4.69, 9.17) is 9.73 Å². The highest BCUT2D eigenvalue weighted by Gasteiger charge is 2.40. The average molecular weight is 366 g/mol. The van der Waals surface area contributed by atoms with Gasteiger partial charge in [-0.05, 0) is 31.2 Å². The number of aliphatic imine (C=N–C) groups is 1. The highest BCUT2D eigenvalue weighted by atomic mass is 32.2. The van der Waals surface area contributed by atoms with Crippen molar-refractivity contribution in [1.82, 2.24) is 20.1 Å². The predicted molar refractivity (Wildman–Crippen MR) is 105 cm³/mol. The SMILES string of the molecule is CCNC(=NCC1(N2CCOCC2)CCSC1)NCCn1cccc1. The first-order valence-corrected chi connectivity index (χ1v) is 10.5. The molecule has 0 amide bonds. The second-order valence-electron chi connectivity index (χ2n) is 6.67. The van der Waals surface area contributed by atoms with Crippen molar-refractivity contribution in [2.75, 3.05) is 57.4 Å². The molecule has 1 unspecified atom stereocenters. The van der Waals surface area contributed by atoms with Crippen molar-refractivity contribution in [1.29, 1.82) is 0 Å². The van der Waals surface area contributed by atoms with E-state index in [0.29, 0.717) is 0 Å². The molecule has 3 heterocycles. The molecule has 1 aromatic heterocycles. The number of nitrogens with one attached hydrogen (secondary N) is 2. The fourth-order valence-electron chi connectivity index (χ4n) is 3.50. The van der Waals surface area contributed by atoms with Crippen LogP contribution in [0.5, 0.6) is 0 Å². The number of aromatic nitrogens is 1. The molecule has 1 atom stereocenters. The fraction of sp³-hybridized carbons (Fsp3) is 0.722. The van der Waals surface area contributed by atoms with Crippen molar-refractivity contribution in [3.05, 3.63) is 24.5 Å². The standard InChI is InChI=1S/C18H31N5OS/c1-2-19-17(20-6-9-22-7-3-4-8-22)21-15-18(5-14-25-16-18)23-10-12-24-13-11-23/h3-4,7-8H,2,5-6,9-16H2,1H3,(H2,19,20,21). The van der Waals surface area contributed by atoms with Gasteiger partial charge in [-0.1, -0.05) is 0 Å². The van der Waals surface area contributed by atoms with Crippen molar-refractivity contribution < 1.29 is 4.74 Å². The lowest BCUT2D eigenvalue weighted by atomic mass is 9.96. The Morgan fingerprint density at radius 1 is 1.24 bits per heavy atom. The summed E-state index contributed by atoms with van der Waals surface area (Å²) < 4.78 is 7.73. The van der Waals surface area contributed by atoms with Crippen LogP contribution in [0.2, 0.25) is 0 Å². The summed E-state index contributed by atoms with van der Waals surface area (Å²) in [5.74, 6) is 3.35. The Bertz CT molecular complexity index is 522. The highest BCUT2D eigenvalue weighted by Crippen LogP contribution is 2.34. The molecule has 2 fully saturated rings. The molecule has 140 valence electrons. The molecular weight excluding hydrogens is 334 g/mol. The lowest BCUT2D eigenvalue weighted by molar-refractivity contribution is -0.0104. The average Bonchev–Trinajstić information content (AvgIpc) is 3.33. The van der Waals surface area contributed by atoms with Crippen molar-refractivity contribution in [3.8, 4) is 0 Å². The fourth-order valence-corrected chi connectivity index (χ4v) is 4.97. The third kappa shape index (κ3) is 5.15. The third-order valence-corrected chi connectivity index (χ3v) is 6.20.